The van der Waals surface area contributed by atoms with Crippen molar-refractivity contribution in [3.05, 3.63) is 42.2 Å². The summed E-state index contributed by atoms with van der Waals surface area (Å²) in [5.41, 5.74) is -0.270. The van der Waals surface area contributed by atoms with Crippen LogP contribution in [-0.2, 0) is 28.6 Å². The summed E-state index contributed by atoms with van der Waals surface area (Å²) in [6.07, 6.45) is 1.47. The van der Waals surface area contributed by atoms with Gasteiger partial charge in [0.2, 0.25) is 11.4 Å². The number of ether oxygens (including phenoxy) is 3. The summed E-state index contributed by atoms with van der Waals surface area (Å²) >= 11 is 0. The molecule has 0 saturated heterocycles. The van der Waals surface area contributed by atoms with Crippen molar-refractivity contribution in [3.8, 4) is 0 Å². The van der Waals surface area contributed by atoms with Gasteiger partial charge >= 0.3 is 5.97 Å². The zero-order chi connectivity index (χ0) is 27.1. The molecule has 1 aromatic carbocycles. The molecule has 0 unspecified atom stereocenters. The number of fused-ring (bicyclic) bond motifs is 1. The Morgan fingerprint density at radius 3 is 2.46 bits per heavy atom. The molecular formula is C27H36FN3O6. The number of rotatable bonds is 13. The number of benzene rings is 1. The highest BCUT2D eigenvalue weighted by molar-refractivity contribution is 6.11. The van der Waals surface area contributed by atoms with Gasteiger partial charge in [-0.25, -0.2) is 4.39 Å². The molecular weight excluding hydrogens is 481 g/mol. The van der Waals surface area contributed by atoms with Gasteiger partial charge in [-0.2, -0.15) is 0 Å². The van der Waals surface area contributed by atoms with E-state index >= 15 is 0 Å². The molecule has 2 aromatic rings. The third-order valence-electron chi connectivity index (χ3n) is 6.49. The summed E-state index contributed by atoms with van der Waals surface area (Å²) in [6, 6.07) is 8.47. The van der Waals surface area contributed by atoms with Crippen molar-refractivity contribution in [2.45, 2.75) is 64.9 Å². The standard InChI is InChI=1S/C27H36FN3O6/c1-6-34-23(32)15-22(27(17-28,35-7-2)36-8-3)30-25(33)26(18(4)5)16-21(31-37-26)24-20-12-10-9-11-19(20)13-14-29-24/h9-14,18,22H,6-8,15-17H2,1-5H3,(H,30,33)/t22-,26+/m0/s1. The van der Waals surface area contributed by atoms with Gasteiger partial charge in [0.1, 0.15) is 12.4 Å². The molecule has 37 heavy (non-hydrogen) atoms. The lowest BCUT2D eigenvalue weighted by molar-refractivity contribution is -0.258. The molecule has 0 radical (unpaired) electrons. The quantitative estimate of drug-likeness (QED) is 0.317. The van der Waals surface area contributed by atoms with E-state index in [2.05, 4.69) is 15.5 Å². The van der Waals surface area contributed by atoms with E-state index in [0.29, 0.717) is 11.4 Å². The Balaban J connectivity index is 1.93. The molecule has 3 rings (SSSR count). The minimum Gasteiger partial charge on any atom is -0.466 e. The predicted octanol–water partition coefficient (Wildman–Crippen LogP) is 3.93. The van der Waals surface area contributed by atoms with E-state index in [0.717, 1.165) is 10.8 Å². The van der Waals surface area contributed by atoms with Gasteiger partial charge in [0.25, 0.3) is 5.91 Å². The second-order valence-electron chi connectivity index (χ2n) is 9.08. The fourth-order valence-corrected chi connectivity index (χ4v) is 4.51. The summed E-state index contributed by atoms with van der Waals surface area (Å²) in [6.45, 7) is 7.95. The number of oxime groups is 1. The van der Waals surface area contributed by atoms with Crippen LogP contribution in [0.3, 0.4) is 0 Å². The van der Waals surface area contributed by atoms with E-state index in [1.54, 1.807) is 27.0 Å². The number of aromatic nitrogens is 1. The summed E-state index contributed by atoms with van der Waals surface area (Å²) in [5, 5.41) is 8.93. The van der Waals surface area contributed by atoms with Gasteiger partial charge in [-0.15, -0.1) is 0 Å². The van der Waals surface area contributed by atoms with E-state index in [4.69, 9.17) is 19.0 Å². The summed E-state index contributed by atoms with van der Waals surface area (Å²) in [4.78, 5) is 36.6. The summed E-state index contributed by atoms with van der Waals surface area (Å²) < 4.78 is 30.9. The van der Waals surface area contributed by atoms with Crippen molar-refractivity contribution in [3.63, 3.8) is 0 Å². The molecule has 0 aliphatic carbocycles. The first kappa shape index (κ1) is 28.5. The highest BCUT2D eigenvalue weighted by atomic mass is 19.1. The average Bonchev–Trinajstić information content (AvgIpc) is 3.35. The Hall–Kier alpha value is -3.11. The number of hydrogen-bond donors (Lipinski definition) is 1. The highest BCUT2D eigenvalue weighted by Gasteiger charge is 2.53. The second-order valence-corrected chi connectivity index (χ2v) is 9.08. The topological polar surface area (TPSA) is 108 Å². The van der Waals surface area contributed by atoms with Crippen molar-refractivity contribution in [1.82, 2.24) is 10.3 Å². The molecule has 1 aliphatic rings. The number of carbonyl (C=O) groups excluding carboxylic acids is 2. The molecule has 0 bridgehead atoms. The highest BCUT2D eigenvalue weighted by Crippen LogP contribution is 2.36. The SMILES string of the molecule is CCOC(=O)C[C@H](NC(=O)[C@]1(C(C)C)CC(c2nccc3ccccc23)=NO1)C(CF)(OCC)OCC. The van der Waals surface area contributed by atoms with Crippen molar-refractivity contribution >= 4 is 28.4 Å². The van der Waals surface area contributed by atoms with Crippen LogP contribution in [-0.4, -0.2) is 66.5 Å². The molecule has 2 atom stereocenters. The molecule has 1 amide bonds. The van der Waals surface area contributed by atoms with Crippen LogP contribution in [0.1, 0.15) is 53.2 Å². The monoisotopic (exact) mass is 517 g/mol. The first-order chi connectivity index (χ1) is 17.8. The zero-order valence-electron chi connectivity index (χ0n) is 22.1. The number of hydrogen-bond acceptors (Lipinski definition) is 8. The van der Waals surface area contributed by atoms with Crippen LogP contribution >= 0.6 is 0 Å². The van der Waals surface area contributed by atoms with E-state index in [-0.39, 0.29) is 38.6 Å². The zero-order valence-corrected chi connectivity index (χ0v) is 22.1. The average molecular weight is 518 g/mol. The van der Waals surface area contributed by atoms with E-state index in [9.17, 15) is 14.0 Å². The number of amides is 1. The first-order valence-electron chi connectivity index (χ1n) is 12.7. The normalized spacial score (nSPS) is 18.4. The van der Waals surface area contributed by atoms with Crippen LogP contribution in [0, 0.1) is 5.92 Å². The molecule has 0 spiro atoms. The predicted molar refractivity (Wildman–Crippen MR) is 137 cm³/mol. The van der Waals surface area contributed by atoms with Crippen molar-refractivity contribution in [1.29, 1.82) is 0 Å². The molecule has 1 aromatic heterocycles. The van der Waals surface area contributed by atoms with Crippen LogP contribution in [0.25, 0.3) is 10.8 Å². The minimum atomic E-state index is -1.87. The maximum atomic E-state index is 14.5. The molecule has 0 saturated carbocycles. The molecule has 0 fully saturated rings. The number of nitrogens with zero attached hydrogens (tertiary/aromatic N) is 2. The lowest BCUT2D eigenvalue weighted by Gasteiger charge is -2.39. The van der Waals surface area contributed by atoms with E-state index < -0.39 is 36.0 Å². The number of esters is 1. The minimum absolute atomic E-state index is 0.102. The van der Waals surface area contributed by atoms with Gasteiger partial charge in [0.15, 0.2) is 0 Å². The Bertz CT molecular complexity index is 1110. The molecule has 202 valence electrons. The molecule has 1 N–H and O–H groups in total. The second kappa shape index (κ2) is 12.4. The lowest BCUT2D eigenvalue weighted by atomic mass is 9.83. The van der Waals surface area contributed by atoms with Crippen molar-refractivity contribution in [2.24, 2.45) is 11.1 Å². The van der Waals surface area contributed by atoms with E-state index in [1.807, 2.05) is 44.2 Å². The third kappa shape index (κ3) is 5.91. The van der Waals surface area contributed by atoms with Crippen LogP contribution < -0.4 is 5.32 Å². The number of alkyl halides is 1. The van der Waals surface area contributed by atoms with Gasteiger partial charge in [-0.3, -0.25) is 14.6 Å². The van der Waals surface area contributed by atoms with Crippen molar-refractivity contribution in [2.75, 3.05) is 26.5 Å². The van der Waals surface area contributed by atoms with Gasteiger partial charge in [0, 0.05) is 37.1 Å². The number of halogens is 1. The van der Waals surface area contributed by atoms with Crippen LogP contribution in [0.4, 0.5) is 4.39 Å². The fraction of sp³-hybridized carbons (Fsp3) is 0.556. The van der Waals surface area contributed by atoms with Crippen LogP contribution in [0.15, 0.2) is 41.7 Å². The largest absolute Gasteiger partial charge is 0.466 e. The number of pyridine rings is 1. The molecule has 2 heterocycles. The van der Waals surface area contributed by atoms with Gasteiger partial charge in [0.05, 0.1) is 24.8 Å². The Labute approximate surface area is 216 Å². The van der Waals surface area contributed by atoms with Gasteiger partial charge < -0.3 is 24.4 Å². The van der Waals surface area contributed by atoms with Crippen LogP contribution in [0.2, 0.25) is 0 Å². The molecule has 10 heteroatoms. The third-order valence-corrected chi connectivity index (χ3v) is 6.49. The maximum absolute atomic E-state index is 14.5. The van der Waals surface area contributed by atoms with Gasteiger partial charge in [-0.1, -0.05) is 43.3 Å². The number of carbonyl (C=O) groups is 2. The van der Waals surface area contributed by atoms with Crippen molar-refractivity contribution < 1.29 is 33.0 Å². The molecule has 9 nitrogen and oxygen atoms in total. The lowest BCUT2D eigenvalue weighted by Crippen LogP contribution is -2.62. The smallest absolute Gasteiger partial charge is 0.308 e. The Morgan fingerprint density at radius 2 is 1.84 bits per heavy atom. The van der Waals surface area contributed by atoms with Crippen LogP contribution in [0.5, 0.6) is 0 Å². The Morgan fingerprint density at radius 1 is 1.14 bits per heavy atom. The first-order valence-corrected chi connectivity index (χ1v) is 12.7. The van der Waals surface area contributed by atoms with Gasteiger partial charge in [-0.05, 0) is 32.2 Å². The number of nitrogens with one attached hydrogen (secondary N) is 1. The Kier molecular flexibility index (Phi) is 9.56. The molecule has 1 aliphatic heterocycles. The summed E-state index contributed by atoms with van der Waals surface area (Å²) in [5.74, 6) is -3.38. The summed E-state index contributed by atoms with van der Waals surface area (Å²) in [7, 11) is 0. The van der Waals surface area contributed by atoms with E-state index in [1.165, 1.54) is 0 Å². The fourth-order valence-electron chi connectivity index (χ4n) is 4.51. The maximum Gasteiger partial charge on any atom is 0.308 e.